The van der Waals surface area contributed by atoms with Crippen molar-refractivity contribution in [3.63, 3.8) is 0 Å². The van der Waals surface area contributed by atoms with Gasteiger partial charge in [0.1, 0.15) is 5.78 Å². The molecule has 2 nitrogen and oxygen atoms in total. The molecule has 0 saturated heterocycles. The first-order valence-corrected chi connectivity index (χ1v) is 7.74. The topological polar surface area (TPSA) is 43.1 Å². The molecule has 0 bridgehead atoms. The molecule has 0 aromatic heterocycles. The lowest BCUT2D eigenvalue weighted by Gasteiger charge is -2.26. The second-order valence-corrected chi connectivity index (χ2v) is 6.47. The normalized spacial score (nSPS) is 23.9. The van der Waals surface area contributed by atoms with Gasteiger partial charge in [0, 0.05) is 15.9 Å². The average Bonchev–Trinajstić information content (AvgIpc) is 2.41. The van der Waals surface area contributed by atoms with Crippen molar-refractivity contribution in [2.45, 2.75) is 32.1 Å². The lowest BCUT2D eigenvalue weighted by molar-refractivity contribution is -0.123. The third-order valence-corrected chi connectivity index (χ3v) is 4.65. The summed E-state index contributed by atoms with van der Waals surface area (Å²) in [6.45, 7) is 0.776. The molecule has 2 rings (SSSR count). The summed E-state index contributed by atoms with van der Waals surface area (Å²) in [5.41, 5.74) is 6.82. The van der Waals surface area contributed by atoms with E-state index in [1.807, 2.05) is 0 Å². The molecule has 0 aliphatic heterocycles. The van der Waals surface area contributed by atoms with Crippen LogP contribution in [0.5, 0.6) is 0 Å². The second kappa shape index (κ2) is 6.66. The maximum Gasteiger partial charge on any atom is 0.140 e. The fourth-order valence-electron chi connectivity index (χ4n) is 2.67. The van der Waals surface area contributed by atoms with Crippen LogP contribution in [0.25, 0.3) is 0 Å². The molecule has 3 heteroatoms. The fourth-order valence-corrected chi connectivity index (χ4v) is 3.03. The molecule has 0 heterocycles. The van der Waals surface area contributed by atoms with Crippen LogP contribution in [0.3, 0.4) is 0 Å². The molecule has 0 radical (unpaired) electrons. The van der Waals surface area contributed by atoms with Crippen molar-refractivity contribution >= 4 is 28.4 Å². The van der Waals surface area contributed by atoms with Gasteiger partial charge in [0.2, 0.25) is 0 Å². The number of nitrogens with two attached hydrogens (primary N) is 1. The van der Waals surface area contributed by atoms with Gasteiger partial charge in [0.25, 0.3) is 0 Å². The second-order valence-electron chi connectivity index (χ2n) is 5.22. The van der Waals surface area contributed by atoms with E-state index >= 15 is 0 Å². The lowest BCUT2D eigenvalue weighted by atomic mass is 9.79. The third kappa shape index (κ3) is 3.79. The number of Topliss-reactive ketones (excluding diaryl/α,β-unsaturated/α-hetero) is 1. The molecule has 18 heavy (non-hydrogen) atoms. The highest BCUT2D eigenvalue weighted by Gasteiger charge is 2.25. The van der Waals surface area contributed by atoms with Crippen molar-refractivity contribution in [3.8, 4) is 0 Å². The number of hydrogen-bond donors (Lipinski definition) is 1. The van der Waals surface area contributed by atoms with Gasteiger partial charge in [-0.1, -0.05) is 12.1 Å². The van der Waals surface area contributed by atoms with Crippen molar-refractivity contribution in [3.05, 3.63) is 33.4 Å². The lowest BCUT2D eigenvalue weighted by Crippen LogP contribution is -2.26. The Morgan fingerprint density at radius 3 is 2.33 bits per heavy atom. The molecule has 1 fully saturated rings. The smallest absolute Gasteiger partial charge is 0.140 e. The van der Waals surface area contributed by atoms with Crippen molar-refractivity contribution in [1.29, 1.82) is 0 Å². The van der Waals surface area contributed by atoms with Crippen molar-refractivity contribution < 1.29 is 4.79 Å². The summed E-state index contributed by atoms with van der Waals surface area (Å²) in [5, 5.41) is 0. The van der Waals surface area contributed by atoms with Crippen molar-refractivity contribution in [1.82, 2.24) is 0 Å². The molecule has 0 spiro atoms. The van der Waals surface area contributed by atoms with Gasteiger partial charge in [-0.3, -0.25) is 4.79 Å². The molecule has 2 N–H and O–H groups in total. The highest BCUT2D eigenvalue weighted by molar-refractivity contribution is 14.1. The number of carbonyl (C=O) groups excluding carboxylic acids is 1. The van der Waals surface area contributed by atoms with Gasteiger partial charge in [-0.15, -0.1) is 0 Å². The van der Waals surface area contributed by atoms with Crippen LogP contribution >= 0.6 is 22.6 Å². The van der Waals surface area contributed by atoms with Crippen LogP contribution in [0.4, 0.5) is 0 Å². The van der Waals surface area contributed by atoms with Crippen LogP contribution in [0.1, 0.15) is 31.2 Å². The minimum Gasteiger partial charge on any atom is -0.330 e. The molecule has 1 aromatic rings. The average molecular weight is 357 g/mol. The summed E-state index contributed by atoms with van der Waals surface area (Å²) in [7, 11) is 0. The molecule has 0 unspecified atom stereocenters. The zero-order valence-electron chi connectivity index (χ0n) is 10.6. The van der Waals surface area contributed by atoms with E-state index in [0.29, 0.717) is 18.1 Å². The van der Waals surface area contributed by atoms with Gasteiger partial charge in [-0.05, 0) is 78.4 Å². The number of halogens is 1. The quantitative estimate of drug-likeness (QED) is 0.842. The Balaban J connectivity index is 1.87. The van der Waals surface area contributed by atoms with Crippen LogP contribution in [-0.4, -0.2) is 12.3 Å². The number of benzene rings is 1. The molecule has 1 aliphatic carbocycles. The molecule has 1 aromatic carbocycles. The van der Waals surface area contributed by atoms with Gasteiger partial charge in [0.15, 0.2) is 0 Å². The van der Waals surface area contributed by atoms with Crippen molar-refractivity contribution in [2.24, 2.45) is 17.6 Å². The molecule has 98 valence electrons. The number of ketones is 1. The number of carbonyl (C=O) groups is 1. The van der Waals surface area contributed by atoms with Gasteiger partial charge in [0.05, 0.1) is 0 Å². The first kappa shape index (κ1) is 14.0. The van der Waals surface area contributed by atoms with Crippen LogP contribution in [0.2, 0.25) is 0 Å². The van der Waals surface area contributed by atoms with Crippen LogP contribution < -0.4 is 5.73 Å². The third-order valence-electron chi connectivity index (χ3n) is 3.93. The Hall–Kier alpha value is -0.420. The van der Waals surface area contributed by atoms with E-state index in [2.05, 4.69) is 46.9 Å². The zero-order valence-corrected chi connectivity index (χ0v) is 12.7. The molecular weight excluding hydrogens is 337 g/mol. The Morgan fingerprint density at radius 2 is 1.78 bits per heavy atom. The van der Waals surface area contributed by atoms with E-state index in [4.69, 9.17) is 5.73 Å². The summed E-state index contributed by atoms with van der Waals surface area (Å²) in [4.78, 5) is 12.2. The van der Waals surface area contributed by atoms with Crippen LogP contribution in [0, 0.1) is 15.4 Å². The summed E-state index contributed by atoms with van der Waals surface area (Å²) >= 11 is 2.28. The van der Waals surface area contributed by atoms with E-state index in [1.54, 1.807) is 0 Å². The first-order valence-electron chi connectivity index (χ1n) is 6.66. The largest absolute Gasteiger partial charge is 0.330 e. The van der Waals surface area contributed by atoms with E-state index < -0.39 is 0 Å². The summed E-state index contributed by atoms with van der Waals surface area (Å²) in [5.74, 6) is 1.33. The van der Waals surface area contributed by atoms with E-state index in [1.165, 1.54) is 3.57 Å². The number of rotatable bonds is 4. The Bertz CT molecular complexity index is 393. The molecule has 1 aliphatic rings. The Kier molecular flexibility index (Phi) is 5.18. The Morgan fingerprint density at radius 1 is 1.17 bits per heavy atom. The molecule has 0 amide bonds. The Labute approximate surface area is 122 Å². The van der Waals surface area contributed by atoms with E-state index in [9.17, 15) is 4.79 Å². The monoisotopic (exact) mass is 357 g/mol. The molecular formula is C15H20INO. The minimum atomic E-state index is 0.270. The highest BCUT2D eigenvalue weighted by atomic mass is 127. The van der Waals surface area contributed by atoms with Gasteiger partial charge < -0.3 is 5.73 Å². The first-order chi connectivity index (χ1) is 8.69. The van der Waals surface area contributed by atoms with Crippen LogP contribution in [0.15, 0.2) is 24.3 Å². The fraction of sp³-hybridized carbons (Fsp3) is 0.533. The predicted molar refractivity (Wildman–Crippen MR) is 82.4 cm³/mol. The van der Waals surface area contributed by atoms with Gasteiger partial charge in [-0.25, -0.2) is 0 Å². The standard InChI is InChI=1S/C15H20INO/c16-14-7-3-11(4-8-14)9-15(18)13-5-1-12(10-17)2-6-13/h3-4,7-8,12-13H,1-2,5-6,9-10,17H2. The molecule has 1 saturated carbocycles. The molecule has 0 atom stereocenters. The number of hydrogen-bond acceptors (Lipinski definition) is 2. The van der Waals surface area contributed by atoms with Crippen molar-refractivity contribution in [2.75, 3.05) is 6.54 Å². The summed E-state index contributed by atoms with van der Waals surface area (Å²) in [6, 6.07) is 8.25. The van der Waals surface area contributed by atoms with Crippen LogP contribution in [-0.2, 0) is 11.2 Å². The van der Waals surface area contributed by atoms with E-state index in [-0.39, 0.29) is 5.92 Å². The van der Waals surface area contributed by atoms with E-state index in [0.717, 1.165) is 37.8 Å². The van der Waals surface area contributed by atoms with Gasteiger partial charge >= 0.3 is 0 Å². The highest BCUT2D eigenvalue weighted by Crippen LogP contribution is 2.29. The minimum absolute atomic E-state index is 0.270. The SMILES string of the molecule is NCC1CCC(C(=O)Cc2ccc(I)cc2)CC1. The van der Waals surface area contributed by atoms with Gasteiger partial charge in [-0.2, -0.15) is 0 Å². The summed E-state index contributed by atoms with van der Waals surface area (Å²) < 4.78 is 1.22. The zero-order chi connectivity index (χ0) is 13.0. The maximum absolute atomic E-state index is 12.2. The summed E-state index contributed by atoms with van der Waals surface area (Å²) in [6.07, 6.45) is 4.91. The predicted octanol–water partition coefficient (Wildman–Crippen LogP) is 3.17. The maximum atomic E-state index is 12.2.